The van der Waals surface area contributed by atoms with E-state index in [0.29, 0.717) is 16.3 Å². The number of aromatic nitrogens is 1. The zero-order valence-corrected chi connectivity index (χ0v) is 17.5. The highest BCUT2D eigenvalue weighted by atomic mass is 32.1. The van der Waals surface area contributed by atoms with Gasteiger partial charge in [-0.3, -0.25) is 4.79 Å². The van der Waals surface area contributed by atoms with E-state index in [0.717, 1.165) is 36.5 Å². The number of hydrogen-bond acceptors (Lipinski definition) is 4. The van der Waals surface area contributed by atoms with Crippen LogP contribution in [0.3, 0.4) is 0 Å². The Balaban J connectivity index is 1.35. The van der Waals surface area contributed by atoms with Crippen molar-refractivity contribution in [2.75, 3.05) is 23.7 Å². The summed E-state index contributed by atoms with van der Waals surface area (Å²) in [6, 6.07) is 16.9. The van der Waals surface area contributed by atoms with Gasteiger partial charge in [-0.15, -0.1) is 11.3 Å². The number of thiazole rings is 1. The quantitative estimate of drug-likeness (QED) is 0.588. The average Bonchev–Trinajstić information content (AvgIpc) is 3.11. The van der Waals surface area contributed by atoms with Crippen molar-refractivity contribution in [1.29, 1.82) is 0 Å². The molecule has 6 nitrogen and oxygen atoms in total. The third-order valence-corrected chi connectivity index (χ3v) is 6.08. The standard InChI is InChI=1S/C23H24N4O2S/c28-21(20-16-24-22(30-20)17-8-4-3-5-9-17)25-18-10-12-19(13-11-18)26-23(29)27-14-6-1-2-7-15-27/h3-5,8-13,16H,1-2,6-7,14-15H2,(H,25,28)(H,26,29). The van der Waals surface area contributed by atoms with Gasteiger partial charge in [0, 0.05) is 30.0 Å². The maximum absolute atomic E-state index is 12.5. The van der Waals surface area contributed by atoms with Crippen molar-refractivity contribution in [2.24, 2.45) is 0 Å². The second-order valence-corrected chi connectivity index (χ2v) is 8.29. The van der Waals surface area contributed by atoms with E-state index in [1.54, 1.807) is 30.5 Å². The Morgan fingerprint density at radius 3 is 2.13 bits per heavy atom. The smallest absolute Gasteiger partial charge is 0.321 e. The molecule has 0 aliphatic carbocycles. The zero-order chi connectivity index (χ0) is 20.8. The molecule has 7 heteroatoms. The number of rotatable bonds is 4. The number of hydrogen-bond donors (Lipinski definition) is 2. The molecule has 0 radical (unpaired) electrons. The molecule has 3 aromatic rings. The Labute approximate surface area is 180 Å². The number of benzene rings is 2. The summed E-state index contributed by atoms with van der Waals surface area (Å²) in [6.07, 6.45) is 6.08. The van der Waals surface area contributed by atoms with Gasteiger partial charge in [0.1, 0.15) is 9.88 Å². The molecule has 1 aromatic heterocycles. The number of anilines is 2. The van der Waals surface area contributed by atoms with E-state index in [1.165, 1.54) is 24.2 Å². The SMILES string of the molecule is O=C(Nc1ccc(NC(=O)N2CCCCCC2)cc1)c1cnc(-c2ccccc2)s1. The molecule has 154 valence electrons. The lowest BCUT2D eigenvalue weighted by molar-refractivity contribution is 0.103. The maximum Gasteiger partial charge on any atom is 0.321 e. The van der Waals surface area contributed by atoms with Gasteiger partial charge in [0.05, 0.1) is 6.20 Å². The maximum atomic E-state index is 12.5. The molecule has 3 amide bonds. The van der Waals surface area contributed by atoms with Crippen LogP contribution in [0.1, 0.15) is 35.4 Å². The van der Waals surface area contributed by atoms with Gasteiger partial charge in [0.2, 0.25) is 0 Å². The minimum atomic E-state index is -0.198. The van der Waals surface area contributed by atoms with Gasteiger partial charge in [0.25, 0.3) is 5.91 Å². The Morgan fingerprint density at radius 2 is 1.47 bits per heavy atom. The first kappa shape index (κ1) is 20.1. The fraction of sp³-hybridized carbons (Fsp3) is 0.261. The highest BCUT2D eigenvalue weighted by molar-refractivity contribution is 7.17. The summed E-state index contributed by atoms with van der Waals surface area (Å²) >= 11 is 1.36. The number of nitrogens with one attached hydrogen (secondary N) is 2. The van der Waals surface area contributed by atoms with E-state index >= 15 is 0 Å². The van der Waals surface area contributed by atoms with E-state index in [9.17, 15) is 9.59 Å². The normalized spacial score (nSPS) is 14.1. The molecule has 1 aliphatic rings. The van der Waals surface area contributed by atoms with E-state index < -0.39 is 0 Å². The van der Waals surface area contributed by atoms with Gasteiger partial charge >= 0.3 is 6.03 Å². The van der Waals surface area contributed by atoms with E-state index in [4.69, 9.17) is 0 Å². The second kappa shape index (κ2) is 9.54. The van der Waals surface area contributed by atoms with Gasteiger partial charge in [0.15, 0.2) is 0 Å². The Morgan fingerprint density at radius 1 is 0.833 bits per heavy atom. The molecule has 2 aromatic carbocycles. The predicted molar refractivity (Wildman–Crippen MR) is 121 cm³/mol. The monoisotopic (exact) mass is 420 g/mol. The summed E-state index contributed by atoms with van der Waals surface area (Å²) < 4.78 is 0. The number of carbonyl (C=O) groups excluding carboxylic acids is 2. The van der Waals surface area contributed by atoms with E-state index in [2.05, 4.69) is 15.6 Å². The number of urea groups is 1. The van der Waals surface area contributed by atoms with Crippen LogP contribution in [0.25, 0.3) is 10.6 Å². The van der Waals surface area contributed by atoms with E-state index in [-0.39, 0.29) is 11.9 Å². The summed E-state index contributed by atoms with van der Waals surface area (Å²) in [5, 5.41) is 6.64. The van der Waals surface area contributed by atoms with Crippen LogP contribution in [-0.2, 0) is 0 Å². The first-order valence-electron chi connectivity index (χ1n) is 10.2. The molecule has 1 aliphatic heterocycles. The van der Waals surface area contributed by atoms with Crippen molar-refractivity contribution >= 4 is 34.6 Å². The third kappa shape index (κ3) is 5.04. The van der Waals surface area contributed by atoms with Crippen molar-refractivity contribution in [1.82, 2.24) is 9.88 Å². The molecule has 0 bridgehead atoms. The van der Waals surface area contributed by atoms with Gasteiger partial charge in [-0.1, -0.05) is 43.2 Å². The van der Waals surface area contributed by atoms with E-state index in [1.807, 2.05) is 35.2 Å². The summed E-state index contributed by atoms with van der Waals surface area (Å²) in [5.41, 5.74) is 2.37. The van der Waals surface area contributed by atoms with Crippen molar-refractivity contribution < 1.29 is 9.59 Å². The molecule has 0 unspecified atom stereocenters. The molecule has 30 heavy (non-hydrogen) atoms. The van der Waals surface area contributed by atoms with Gasteiger partial charge in [-0.25, -0.2) is 9.78 Å². The van der Waals surface area contributed by atoms with Crippen LogP contribution in [0.2, 0.25) is 0 Å². The Bertz CT molecular complexity index is 994. The van der Waals surface area contributed by atoms with Crippen LogP contribution < -0.4 is 10.6 Å². The van der Waals surface area contributed by atoms with Crippen molar-refractivity contribution in [3.05, 3.63) is 65.7 Å². The predicted octanol–water partition coefficient (Wildman–Crippen LogP) is 5.47. The first-order valence-corrected chi connectivity index (χ1v) is 11.0. The summed E-state index contributed by atoms with van der Waals surface area (Å²) in [5.74, 6) is -0.198. The summed E-state index contributed by atoms with van der Waals surface area (Å²) in [4.78, 5) is 31.7. The number of carbonyl (C=O) groups is 2. The topological polar surface area (TPSA) is 74.3 Å². The third-order valence-electron chi connectivity index (χ3n) is 5.04. The molecular formula is C23H24N4O2S. The summed E-state index contributed by atoms with van der Waals surface area (Å²) in [6.45, 7) is 1.61. The largest absolute Gasteiger partial charge is 0.325 e. The molecule has 1 fully saturated rings. The van der Waals surface area contributed by atoms with Crippen LogP contribution in [0.4, 0.5) is 16.2 Å². The summed E-state index contributed by atoms with van der Waals surface area (Å²) in [7, 11) is 0. The van der Waals surface area contributed by atoms with Crippen LogP contribution in [0.15, 0.2) is 60.8 Å². The van der Waals surface area contributed by atoms with Crippen LogP contribution in [0, 0.1) is 0 Å². The molecule has 2 N–H and O–H groups in total. The minimum Gasteiger partial charge on any atom is -0.325 e. The van der Waals surface area contributed by atoms with Crippen LogP contribution >= 0.6 is 11.3 Å². The molecule has 0 saturated carbocycles. The van der Waals surface area contributed by atoms with Crippen LogP contribution in [-0.4, -0.2) is 34.9 Å². The van der Waals surface area contributed by atoms with Crippen LogP contribution in [0.5, 0.6) is 0 Å². The number of likely N-dealkylation sites (tertiary alicyclic amines) is 1. The molecule has 2 heterocycles. The zero-order valence-electron chi connectivity index (χ0n) is 16.6. The number of amides is 3. The molecule has 1 saturated heterocycles. The van der Waals surface area contributed by atoms with Gasteiger partial charge in [-0.2, -0.15) is 0 Å². The molecule has 0 spiro atoms. The van der Waals surface area contributed by atoms with Gasteiger partial charge in [-0.05, 0) is 37.1 Å². The molecule has 4 rings (SSSR count). The highest BCUT2D eigenvalue weighted by Crippen LogP contribution is 2.25. The molecule has 0 atom stereocenters. The van der Waals surface area contributed by atoms with Crippen molar-refractivity contribution in [3.8, 4) is 10.6 Å². The second-order valence-electron chi connectivity index (χ2n) is 7.26. The average molecular weight is 421 g/mol. The minimum absolute atomic E-state index is 0.0632. The fourth-order valence-corrected chi connectivity index (χ4v) is 4.22. The van der Waals surface area contributed by atoms with Crippen molar-refractivity contribution in [2.45, 2.75) is 25.7 Å². The Kier molecular flexibility index (Phi) is 6.39. The number of nitrogens with zero attached hydrogens (tertiary/aromatic N) is 2. The highest BCUT2D eigenvalue weighted by Gasteiger charge is 2.16. The lowest BCUT2D eigenvalue weighted by Gasteiger charge is -2.20. The van der Waals surface area contributed by atoms with Gasteiger partial charge < -0.3 is 15.5 Å². The first-order chi connectivity index (χ1) is 14.7. The lowest BCUT2D eigenvalue weighted by Crippen LogP contribution is -2.35. The molecular weight excluding hydrogens is 396 g/mol. The Hall–Kier alpha value is -3.19. The van der Waals surface area contributed by atoms with Crippen molar-refractivity contribution in [3.63, 3.8) is 0 Å². The fourth-order valence-electron chi connectivity index (χ4n) is 3.40. The lowest BCUT2D eigenvalue weighted by atomic mass is 10.2.